The first-order chi connectivity index (χ1) is 8.54. The van der Waals surface area contributed by atoms with Crippen LogP contribution in [0.25, 0.3) is 0 Å². The van der Waals surface area contributed by atoms with Gasteiger partial charge in [-0.15, -0.1) is 0 Å². The van der Waals surface area contributed by atoms with E-state index in [1.165, 1.54) is 12.1 Å². The van der Waals surface area contributed by atoms with Gasteiger partial charge in [0, 0.05) is 22.6 Å². The summed E-state index contributed by atoms with van der Waals surface area (Å²) in [5, 5.41) is 12.6. The Labute approximate surface area is 114 Å². The van der Waals surface area contributed by atoms with Crippen molar-refractivity contribution in [3.8, 4) is 0 Å². The highest BCUT2D eigenvalue weighted by atomic mass is 35.5. The van der Waals surface area contributed by atoms with Gasteiger partial charge in [0.15, 0.2) is 0 Å². The molecule has 1 heterocycles. The number of carbonyl (C=O) groups excluding carboxylic acids is 1. The molecule has 0 aromatic heterocycles. The maximum absolute atomic E-state index is 13.1. The van der Waals surface area contributed by atoms with Gasteiger partial charge in [-0.05, 0) is 30.2 Å². The van der Waals surface area contributed by atoms with Crippen molar-refractivity contribution in [2.75, 3.05) is 6.54 Å². The minimum absolute atomic E-state index is 0.139. The van der Waals surface area contributed by atoms with Gasteiger partial charge in [0.1, 0.15) is 11.9 Å². The molecule has 1 fully saturated rings. The number of carbonyl (C=O) groups is 1. The summed E-state index contributed by atoms with van der Waals surface area (Å²) < 4.78 is 13.1. The number of thioether (sulfide) groups is 1. The maximum atomic E-state index is 13.1. The number of benzene rings is 1. The third kappa shape index (κ3) is 3.60. The highest BCUT2D eigenvalue weighted by Gasteiger charge is 2.26. The molecule has 98 valence electrons. The third-order valence-electron chi connectivity index (χ3n) is 2.70. The van der Waals surface area contributed by atoms with Gasteiger partial charge in [-0.3, -0.25) is 4.79 Å². The van der Waals surface area contributed by atoms with E-state index in [0.29, 0.717) is 23.7 Å². The van der Waals surface area contributed by atoms with Crippen molar-refractivity contribution in [2.24, 2.45) is 0 Å². The van der Waals surface area contributed by atoms with Crippen LogP contribution in [0.15, 0.2) is 18.2 Å². The van der Waals surface area contributed by atoms with Crippen molar-refractivity contribution < 1.29 is 14.3 Å². The molecule has 3 nitrogen and oxygen atoms in total. The van der Waals surface area contributed by atoms with Crippen molar-refractivity contribution in [3.05, 3.63) is 34.6 Å². The van der Waals surface area contributed by atoms with E-state index >= 15 is 0 Å². The van der Waals surface area contributed by atoms with E-state index in [1.54, 1.807) is 17.8 Å². The molecule has 1 aliphatic rings. The van der Waals surface area contributed by atoms with Crippen LogP contribution >= 0.6 is 23.4 Å². The summed E-state index contributed by atoms with van der Waals surface area (Å²) in [4.78, 5) is 11.1. The van der Waals surface area contributed by atoms with Gasteiger partial charge >= 0.3 is 0 Å². The largest absolute Gasteiger partial charge is 0.383 e. The standard InChI is InChI=1S/C12H13ClFNO2S/c13-8-1-7(2-9(14)3-8)6-18-10-4-11(16)12(17)15-5-10/h1-3,10-11,16H,4-6H2,(H,15,17). The fraction of sp³-hybridized carbons (Fsp3) is 0.417. The maximum Gasteiger partial charge on any atom is 0.248 e. The number of piperidine rings is 1. The molecule has 0 saturated carbocycles. The first-order valence-corrected chi connectivity index (χ1v) is 6.99. The normalized spacial score (nSPS) is 23.8. The molecule has 2 unspecified atom stereocenters. The van der Waals surface area contributed by atoms with Crippen molar-refractivity contribution >= 4 is 29.3 Å². The van der Waals surface area contributed by atoms with Gasteiger partial charge in [-0.1, -0.05) is 11.6 Å². The van der Waals surface area contributed by atoms with Crippen LogP contribution in [-0.4, -0.2) is 28.9 Å². The lowest BCUT2D eigenvalue weighted by Crippen LogP contribution is -2.46. The third-order valence-corrected chi connectivity index (χ3v) is 4.25. The Bertz CT molecular complexity index is 437. The Morgan fingerprint density at radius 3 is 2.94 bits per heavy atom. The fourth-order valence-electron chi connectivity index (χ4n) is 1.81. The van der Waals surface area contributed by atoms with Crippen molar-refractivity contribution in [1.82, 2.24) is 5.32 Å². The van der Waals surface area contributed by atoms with E-state index in [9.17, 15) is 14.3 Å². The van der Waals surface area contributed by atoms with Crippen LogP contribution in [0.5, 0.6) is 0 Å². The lowest BCUT2D eigenvalue weighted by molar-refractivity contribution is -0.131. The Kier molecular flexibility index (Phi) is 4.48. The zero-order valence-electron chi connectivity index (χ0n) is 9.53. The molecule has 0 aliphatic carbocycles. The number of amides is 1. The average Bonchev–Trinajstić information content (AvgIpc) is 2.29. The van der Waals surface area contributed by atoms with Crippen LogP contribution in [0.4, 0.5) is 4.39 Å². The van der Waals surface area contributed by atoms with Crippen LogP contribution in [0, 0.1) is 5.82 Å². The van der Waals surface area contributed by atoms with E-state index in [1.807, 2.05) is 0 Å². The molecule has 2 rings (SSSR count). The zero-order chi connectivity index (χ0) is 13.1. The predicted octanol–water partition coefficient (Wildman–Crippen LogP) is 1.96. The monoisotopic (exact) mass is 289 g/mol. The first-order valence-electron chi connectivity index (χ1n) is 5.57. The number of nitrogens with one attached hydrogen (secondary N) is 1. The summed E-state index contributed by atoms with van der Waals surface area (Å²) in [6.45, 7) is 0.531. The molecule has 1 aromatic carbocycles. The van der Waals surface area contributed by atoms with E-state index in [-0.39, 0.29) is 17.0 Å². The highest BCUT2D eigenvalue weighted by molar-refractivity contribution is 7.99. The summed E-state index contributed by atoms with van der Waals surface area (Å²) in [5.41, 5.74) is 0.802. The quantitative estimate of drug-likeness (QED) is 0.894. The lowest BCUT2D eigenvalue weighted by atomic mass is 10.1. The van der Waals surface area contributed by atoms with Crippen molar-refractivity contribution in [1.29, 1.82) is 0 Å². The summed E-state index contributed by atoms with van der Waals surface area (Å²) in [5.74, 6) is -0.0687. The molecule has 1 amide bonds. The van der Waals surface area contributed by atoms with E-state index < -0.39 is 6.10 Å². The summed E-state index contributed by atoms with van der Waals surface area (Å²) in [6, 6.07) is 4.42. The van der Waals surface area contributed by atoms with Crippen LogP contribution in [0.2, 0.25) is 5.02 Å². The Balaban J connectivity index is 1.89. The molecule has 6 heteroatoms. The van der Waals surface area contributed by atoms with Gasteiger partial charge in [0.25, 0.3) is 0 Å². The van der Waals surface area contributed by atoms with Crippen LogP contribution < -0.4 is 5.32 Å². The van der Waals surface area contributed by atoms with Gasteiger partial charge in [0.05, 0.1) is 0 Å². The second-order valence-electron chi connectivity index (χ2n) is 4.21. The smallest absolute Gasteiger partial charge is 0.248 e. The molecular weight excluding hydrogens is 277 g/mol. The first kappa shape index (κ1) is 13.6. The number of aliphatic hydroxyl groups excluding tert-OH is 1. The molecule has 18 heavy (non-hydrogen) atoms. The molecule has 1 aromatic rings. The number of rotatable bonds is 3. The molecule has 0 bridgehead atoms. The van der Waals surface area contributed by atoms with Gasteiger partial charge in [-0.25, -0.2) is 4.39 Å². The molecule has 0 spiro atoms. The average molecular weight is 290 g/mol. The van der Waals surface area contributed by atoms with Gasteiger partial charge < -0.3 is 10.4 Å². The lowest BCUT2D eigenvalue weighted by Gasteiger charge is -2.25. The number of hydrogen-bond donors (Lipinski definition) is 2. The van der Waals surface area contributed by atoms with E-state index in [4.69, 9.17) is 11.6 Å². The van der Waals surface area contributed by atoms with Gasteiger partial charge in [-0.2, -0.15) is 11.8 Å². The second kappa shape index (κ2) is 5.91. The molecule has 2 N–H and O–H groups in total. The summed E-state index contributed by atoms with van der Waals surface area (Å²) in [7, 11) is 0. The number of hydrogen-bond acceptors (Lipinski definition) is 3. The highest BCUT2D eigenvalue weighted by Crippen LogP contribution is 2.25. The number of aliphatic hydroxyl groups is 1. The molecule has 2 atom stereocenters. The summed E-state index contributed by atoms with van der Waals surface area (Å²) in [6.07, 6.45) is -0.508. The molecule has 0 radical (unpaired) electrons. The van der Waals surface area contributed by atoms with Gasteiger partial charge in [0.2, 0.25) is 5.91 Å². The molecule has 1 saturated heterocycles. The van der Waals surface area contributed by atoms with Crippen LogP contribution in [0.1, 0.15) is 12.0 Å². The molecular formula is C12H13ClFNO2S. The molecule has 1 aliphatic heterocycles. The predicted molar refractivity (Wildman–Crippen MR) is 70.1 cm³/mol. The summed E-state index contributed by atoms with van der Waals surface area (Å²) >= 11 is 7.34. The number of halogens is 2. The topological polar surface area (TPSA) is 49.3 Å². The minimum Gasteiger partial charge on any atom is -0.383 e. The zero-order valence-corrected chi connectivity index (χ0v) is 11.1. The van der Waals surface area contributed by atoms with Crippen LogP contribution in [-0.2, 0) is 10.5 Å². The Morgan fingerprint density at radius 1 is 1.50 bits per heavy atom. The van der Waals surface area contributed by atoms with Crippen molar-refractivity contribution in [3.63, 3.8) is 0 Å². The van der Waals surface area contributed by atoms with Crippen LogP contribution in [0.3, 0.4) is 0 Å². The van der Waals surface area contributed by atoms with Crippen molar-refractivity contribution in [2.45, 2.75) is 23.5 Å². The SMILES string of the molecule is O=C1NCC(SCc2cc(F)cc(Cl)c2)CC1O. The Hall–Kier alpha value is -0.780. The fourth-order valence-corrected chi connectivity index (χ4v) is 3.17. The van der Waals surface area contributed by atoms with E-state index in [2.05, 4.69) is 5.32 Å². The second-order valence-corrected chi connectivity index (χ2v) is 5.93. The minimum atomic E-state index is -0.938. The Morgan fingerprint density at radius 2 is 2.28 bits per heavy atom. The van der Waals surface area contributed by atoms with E-state index in [0.717, 1.165) is 5.56 Å².